The highest BCUT2D eigenvalue weighted by Crippen LogP contribution is 2.22. The molecule has 0 amide bonds. The van der Waals surface area contributed by atoms with Gasteiger partial charge in [-0.3, -0.25) is 0 Å². The topological polar surface area (TPSA) is 47.3 Å². The minimum absolute atomic E-state index is 0.112. The standard InChI is InChI=1S/C18H24N2O/c1-3-21-17-11-7-10-16(12-17)18(13-19)20-14(2)15-8-5-4-6-9-15/h4-12,14,18,20H,3,13,19H2,1-2H3. The molecule has 0 aliphatic heterocycles. The summed E-state index contributed by atoms with van der Waals surface area (Å²) in [6.07, 6.45) is 0. The Bertz CT molecular complexity index is 542. The summed E-state index contributed by atoms with van der Waals surface area (Å²) in [6, 6.07) is 18.9. The minimum Gasteiger partial charge on any atom is -0.494 e. The second kappa shape index (κ2) is 7.81. The zero-order valence-corrected chi connectivity index (χ0v) is 12.8. The molecule has 0 aliphatic carbocycles. The quantitative estimate of drug-likeness (QED) is 0.819. The van der Waals surface area contributed by atoms with E-state index in [0.29, 0.717) is 13.2 Å². The van der Waals surface area contributed by atoms with Crippen molar-refractivity contribution in [3.05, 3.63) is 65.7 Å². The van der Waals surface area contributed by atoms with Gasteiger partial charge in [0.2, 0.25) is 0 Å². The zero-order chi connectivity index (χ0) is 15.1. The van der Waals surface area contributed by atoms with Crippen LogP contribution in [0.15, 0.2) is 54.6 Å². The fraction of sp³-hybridized carbons (Fsp3) is 0.333. The molecule has 21 heavy (non-hydrogen) atoms. The van der Waals surface area contributed by atoms with Gasteiger partial charge in [-0.05, 0) is 37.1 Å². The van der Waals surface area contributed by atoms with Crippen molar-refractivity contribution in [2.24, 2.45) is 5.73 Å². The van der Waals surface area contributed by atoms with Gasteiger partial charge in [-0.15, -0.1) is 0 Å². The number of nitrogens with one attached hydrogen (secondary N) is 1. The van der Waals surface area contributed by atoms with Gasteiger partial charge in [0.1, 0.15) is 5.75 Å². The molecule has 2 aromatic carbocycles. The lowest BCUT2D eigenvalue weighted by Crippen LogP contribution is -2.30. The van der Waals surface area contributed by atoms with E-state index in [4.69, 9.17) is 10.5 Å². The van der Waals surface area contributed by atoms with Crippen LogP contribution < -0.4 is 15.8 Å². The van der Waals surface area contributed by atoms with Crippen LogP contribution in [-0.2, 0) is 0 Å². The minimum atomic E-state index is 0.112. The molecular formula is C18H24N2O. The smallest absolute Gasteiger partial charge is 0.119 e. The van der Waals surface area contributed by atoms with E-state index < -0.39 is 0 Å². The van der Waals surface area contributed by atoms with Crippen LogP contribution >= 0.6 is 0 Å². The Kier molecular flexibility index (Phi) is 5.78. The molecule has 0 saturated heterocycles. The maximum Gasteiger partial charge on any atom is 0.119 e. The summed E-state index contributed by atoms with van der Waals surface area (Å²) >= 11 is 0. The van der Waals surface area contributed by atoms with Crippen LogP contribution in [-0.4, -0.2) is 13.2 Å². The van der Waals surface area contributed by atoms with Crippen LogP contribution in [0.25, 0.3) is 0 Å². The van der Waals surface area contributed by atoms with Crippen LogP contribution in [0.1, 0.15) is 37.1 Å². The highest BCUT2D eigenvalue weighted by atomic mass is 16.5. The van der Waals surface area contributed by atoms with Crippen molar-refractivity contribution < 1.29 is 4.74 Å². The van der Waals surface area contributed by atoms with Gasteiger partial charge < -0.3 is 15.8 Å². The molecule has 0 bridgehead atoms. The molecule has 3 nitrogen and oxygen atoms in total. The van der Waals surface area contributed by atoms with Crippen LogP contribution in [0.2, 0.25) is 0 Å². The number of benzene rings is 2. The molecule has 3 N–H and O–H groups in total. The first kappa shape index (κ1) is 15.5. The summed E-state index contributed by atoms with van der Waals surface area (Å²) in [5.74, 6) is 0.891. The van der Waals surface area contributed by atoms with Gasteiger partial charge in [0.05, 0.1) is 6.61 Å². The fourth-order valence-electron chi connectivity index (χ4n) is 2.43. The molecule has 2 atom stereocenters. The zero-order valence-electron chi connectivity index (χ0n) is 12.8. The number of nitrogens with two attached hydrogens (primary N) is 1. The van der Waals surface area contributed by atoms with Crippen molar-refractivity contribution in [3.63, 3.8) is 0 Å². The lowest BCUT2D eigenvalue weighted by molar-refractivity contribution is 0.339. The van der Waals surface area contributed by atoms with Crippen molar-refractivity contribution in [1.29, 1.82) is 0 Å². The molecule has 0 aromatic heterocycles. The Hall–Kier alpha value is -1.84. The molecule has 0 spiro atoms. The molecule has 2 rings (SSSR count). The summed E-state index contributed by atoms with van der Waals surface area (Å²) in [7, 11) is 0. The van der Waals surface area contributed by atoms with E-state index in [1.807, 2.05) is 25.1 Å². The number of ether oxygens (including phenoxy) is 1. The third-order valence-corrected chi connectivity index (χ3v) is 3.56. The molecule has 0 heterocycles. The van der Waals surface area contributed by atoms with Crippen LogP contribution in [0.5, 0.6) is 5.75 Å². The van der Waals surface area contributed by atoms with Gasteiger partial charge in [0.15, 0.2) is 0 Å². The maximum absolute atomic E-state index is 5.95. The Morgan fingerprint density at radius 1 is 1.05 bits per heavy atom. The van der Waals surface area contributed by atoms with Crippen molar-refractivity contribution >= 4 is 0 Å². The largest absolute Gasteiger partial charge is 0.494 e. The van der Waals surface area contributed by atoms with Crippen molar-refractivity contribution in [2.75, 3.05) is 13.2 Å². The van der Waals surface area contributed by atoms with Gasteiger partial charge in [0, 0.05) is 18.6 Å². The summed E-state index contributed by atoms with van der Waals surface area (Å²) in [5, 5.41) is 3.59. The van der Waals surface area contributed by atoms with Gasteiger partial charge in [0.25, 0.3) is 0 Å². The predicted octanol–water partition coefficient (Wildman–Crippen LogP) is 3.44. The van der Waals surface area contributed by atoms with Crippen molar-refractivity contribution in [2.45, 2.75) is 25.9 Å². The second-order valence-corrected chi connectivity index (χ2v) is 5.09. The number of rotatable bonds is 7. The normalized spacial score (nSPS) is 13.7. The van der Waals surface area contributed by atoms with Gasteiger partial charge in [-0.25, -0.2) is 0 Å². The Morgan fingerprint density at radius 3 is 2.43 bits per heavy atom. The summed E-state index contributed by atoms with van der Waals surface area (Å²) in [6.45, 7) is 5.37. The summed E-state index contributed by atoms with van der Waals surface area (Å²) in [4.78, 5) is 0. The first-order valence-electron chi connectivity index (χ1n) is 7.48. The molecule has 0 aliphatic rings. The lowest BCUT2D eigenvalue weighted by Gasteiger charge is -2.23. The number of hydrogen-bond acceptors (Lipinski definition) is 3. The summed E-state index contributed by atoms with van der Waals surface area (Å²) in [5.41, 5.74) is 8.37. The van der Waals surface area contributed by atoms with E-state index in [9.17, 15) is 0 Å². The van der Waals surface area contributed by atoms with Crippen LogP contribution in [0.4, 0.5) is 0 Å². The van der Waals surface area contributed by atoms with Crippen LogP contribution in [0.3, 0.4) is 0 Å². The third-order valence-electron chi connectivity index (χ3n) is 3.56. The highest BCUT2D eigenvalue weighted by Gasteiger charge is 2.14. The number of hydrogen-bond donors (Lipinski definition) is 2. The van der Waals surface area contributed by atoms with E-state index in [-0.39, 0.29) is 12.1 Å². The molecular weight excluding hydrogens is 260 g/mol. The van der Waals surface area contributed by atoms with E-state index in [1.165, 1.54) is 5.56 Å². The molecule has 112 valence electrons. The highest BCUT2D eigenvalue weighted by molar-refractivity contribution is 5.31. The fourth-order valence-corrected chi connectivity index (χ4v) is 2.43. The molecule has 0 saturated carbocycles. The average molecular weight is 284 g/mol. The Balaban J connectivity index is 2.10. The maximum atomic E-state index is 5.95. The Morgan fingerprint density at radius 2 is 1.76 bits per heavy atom. The Labute approximate surface area is 127 Å². The molecule has 2 aromatic rings. The SMILES string of the molecule is CCOc1cccc(C(CN)NC(C)c2ccccc2)c1. The van der Waals surface area contributed by atoms with Gasteiger partial charge in [-0.1, -0.05) is 42.5 Å². The third kappa shape index (κ3) is 4.31. The first-order valence-corrected chi connectivity index (χ1v) is 7.48. The van der Waals surface area contributed by atoms with Gasteiger partial charge >= 0.3 is 0 Å². The van der Waals surface area contributed by atoms with Crippen LogP contribution in [0, 0.1) is 0 Å². The van der Waals surface area contributed by atoms with Crippen molar-refractivity contribution in [1.82, 2.24) is 5.32 Å². The molecule has 2 unspecified atom stereocenters. The molecule has 0 radical (unpaired) electrons. The van der Waals surface area contributed by atoms with E-state index >= 15 is 0 Å². The van der Waals surface area contributed by atoms with E-state index in [2.05, 4.69) is 48.6 Å². The first-order chi connectivity index (χ1) is 10.2. The van der Waals surface area contributed by atoms with E-state index in [0.717, 1.165) is 11.3 Å². The molecule has 0 fully saturated rings. The van der Waals surface area contributed by atoms with Gasteiger partial charge in [-0.2, -0.15) is 0 Å². The van der Waals surface area contributed by atoms with Crippen molar-refractivity contribution in [3.8, 4) is 5.75 Å². The summed E-state index contributed by atoms with van der Waals surface area (Å²) < 4.78 is 5.56. The lowest BCUT2D eigenvalue weighted by atomic mass is 10.0. The molecule has 3 heteroatoms. The van der Waals surface area contributed by atoms with E-state index in [1.54, 1.807) is 0 Å². The second-order valence-electron chi connectivity index (χ2n) is 5.09. The predicted molar refractivity (Wildman–Crippen MR) is 87.4 cm³/mol. The average Bonchev–Trinajstić information content (AvgIpc) is 2.54. The monoisotopic (exact) mass is 284 g/mol.